The number of allylic oxidation sites excluding steroid dienone is 2. The predicted molar refractivity (Wildman–Crippen MR) is 195 cm³/mol. The molecule has 4 heteroatoms. The molecular formula is C44H48N2O2. The van der Waals surface area contributed by atoms with Crippen LogP contribution in [0.5, 0.6) is 0 Å². The summed E-state index contributed by atoms with van der Waals surface area (Å²) in [7, 11) is 4.52. The Morgan fingerprint density at radius 3 is 1.60 bits per heavy atom. The molecule has 0 atom stereocenters. The Balaban J connectivity index is 1.38. The van der Waals surface area contributed by atoms with Crippen molar-refractivity contribution in [3.63, 3.8) is 0 Å². The summed E-state index contributed by atoms with van der Waals surface area (Å²) in [5, 5.41) is 0. The van der Waals surface area contributed by atoms with Gasteiger partial charge >= 0.3 is 5.97 Å². The maximum Gasteiger partial charge on any atom is 0.340 e. The second-order valence-corrected chi connectivity index (χ2v) is 17.7. The summed E-state index contributed by atoms with van der Waals surface area (Å²) in [5.41, 5.74) is 13.3. The summed E-state index contributed by atoms with van der Waals surface area (Å²) in [5.74, 6) is 2.60. The first-order valence-corrected chi connectivity index (χ1v) is 18.4. The van der Waals surface area contributed by atoms with Crippen LogP contribution in [0.2, 0.25) is 0 Å². The molecule has 0 unspecified atom stereocenters. The van der Waals surface area contributed by atoms with Gasteiger partial charge in [0.05, 0.1) is 16.6 Å². The highest BCUT2D eigenvalue weighted by Gasteiger charge is 2.66. The van der Waals surface area contributed by atoms with Gasteiger partial charge in [0, 0.05) is 58.7 Å². The molecule has 11 rings (SSSR count). The van der Waals surface area contributed by atoms with Crippen LogP contribution in [-0.2, 0) is 15.8 Å². The zero-order chi connectivity index (χ0) is 33.3. The molecular weight excluding hydrogens is 588 g/mol. The van der Waals surface area contributed by atoms with Crippen molar-refractivity contribution < 1.29 is 9.53 Å². The fourth-order valence-electron chi connectivity index (χ4n) is 12.4. The number of hydrogen-bond acceptors (Lipinski definition) is 4. The predicted octanol–water partition coefficient (Wildman–Crippen LogP) is 9.47. The summed E-state index contributed by atoms with van der Waals surface area (Å²) in [6, 6.07) is 18.3. The molecule has 3 heterocycles. The molecule has 3 aliphatic heterocycles. The fraction of sp³-hybridized carbons (Fsp3) is 0.477. The van der Waals surface area contributed by atoms with E-state index in [0.29, 0.717) is 17.4 Å². The van der Waals surface area contributed by atoms with E-state index in [1.54, 1.807) is 0 Å². The summed E-state index contributed by atoms with van der Waals surface area (Å²) >= 11 is 0. The summed E-state index contributed by atoms with van der Waals surface area (Å²) < 4.78 is 6.98. The van der Waals surface area contributed by atoms with Gasteiger partial charge < -0.3 is 14.5 Å². The number of fused-ring (bicyclic) bond motifs is 8. The van der Waals surface area contributed by atoms with Gasteiger partial charge in [-0.1, -0.05) is 30.4 Å². The number of carbonyl (C=O) groups excluding carboxylic acids is 1. The molecule has 0 aromatic heterocycles. The minimum absolute atomic E-state index is 0.101. The van der Waals surface area contributed by atoms with E-state index >= 15 is 0 Å². The Morgan fingerprint density at radius 1 is 0.625 bits per heavy atom. The number of carbonyl (C=O) groups is 1. The molecule has 4 bridgehead atoms. The highest BCUT2D eigenvalue weighted by atomic mass is 16.6. The van der Waals surface area contributed by atoms with E-state index in [1.165, 1.54) is 88.0 Å². The monoisotopic (exact) mass is 636 g/mol. The van der Waals surface area contributed by atoms with Gasteiger partial charge in [0.15, 0.2) is 5.60 Å². The number of nitrogens with zero attached hydrogens (tertiary/aromatic N) is 2. The number of esters is 1. The Labute approximate surface area is 285 Å². The van der Waals surface area contributed by atoms with E-state index in [-0.39, 0.29) is 22.5 Å². The lowest BCUT2D eigenvalue weighted by Crippen LogP contribution is -2.60. The van der Waals surface area contributed by atoms with Gasteiger partial charge in [0.25, 0.3) is 0 Å². The first-order valence-electron chi connectivity index (χ1n) is 18.4. The fourth-order valence-corrected chi connectivity index (χ4v) is 12.4. The summed E-state index contributed by atoms with van der Waals surface area (Å²) in [6.45, 7) is 13.8. The molecule has 5 aliphatic carbocycles. The zero-order valence-corrected chi connectivity index (χ0v) is 29.8. The minimum Gasteiger partial charge on any atom is -0.441 e. The van der Waals surface area contributed by atoms with Gasteiger partial charge in [0.2, 0.25) is 0 Å². The topological polar surface area (TPSA) is 32.8 Å². The Bertz CT molecular complexity index is 1940. The standard InChI is InChI=1S/C44H48N2O2/c1-24-22-41(3,4)45(7)38-20-34-36(18-31(24)38)44(33-12-10-9-11-30(33)40(47)48-44)37-19-32-25(2)23-42(5,6)46(8)39(32)21-35(37)43(34)28-14-26-13-27(16-28)17-29(43)15-26/h9-12,18-23,26-29H,13-17H2,1-8H3. The van der Waals surface area contributed by atoms with E-state index in [4.69, 9.17) is 4.74 Å². The van der Waals surface area contributed by atoms with Crippen molar-refractivity contribution in [1.82, 2.24) is 0 Å². The molecule has 48 heavy (non-hydrogen) atoms. The van der Waals surface area contributed by atoms with Gasteiger partial charge in [-0.25, -0.2) is 4.79 Å². The first-order chi connectivity index (χ1) is 22.8. The van der Waals surface area contributed by atoms with Gasteiger partial charge in [-0.05, 0) is 150 Å². The number of hydrogen-bond donors (Lipinski definition) is 0. The van der Waals surface area contributed by atoms with E-state index in [0.717, 1.165) is 17.4 Å². The van der Waals surface area contributed by atoms with Crippen LogP contribution in [0.25, 0.3) is 11.1 Å². The van der Waals surface area contributed by atoms with Crippen molar-refractivity contribution in [2.45, 2.75) is 95.7 Å². The van der Waals surface area contributed by atoms with E-state index < -0.39 is 5.60 Å². The number of ether oxygens (including phenoxy) is 1. The van der Waals surface area contributed by atoms with Crippen molar-refractivity contribution in [3.05, 3.63) is 105 Å². The smallest absolute Gasteiger partial charge is 0.340 e. The second kappa shape index (κ2) is 8.86. The van der Waals surface area contributed by atoms with Crippen molar-refractivity contribution in [2.24, 2.45) is 23.7 Å². The average Bonchev–Trinajstić information content (AvgIpc) is 3.33. The number of rotatable bonds is 0. The van der Waals surface area contributed by atoms with E-state index in [2.05, 4.69) is 114 Å². The van der Waals surface area contributed by atoms with Crippen LogP contribution in [0, 0.1) is 23.7 Å². The maximum atomic E-state index is 14.1. The lowest BCUT2D eigenvalue weighted by molar-refractivity contribution is -0.0486. The number of benzene rings is 3. The third-order valence-electron chi connectivity index (χ3n) is 14.6. The van der Waals surface area contributed by atoms with Gasteiger partial charge in [-0.2, -0.15) is 0 Å². The Hall–Kier alpha value is -3.79. The van der Waals surface area contributed by atoms with E-state index in [9.17, 15) is 4.79 Å². The van der Waals surface area contributed by atoms with Crippen LogP contribution < -0.4 is 9.80 Å². The normalized spacial score (nSPS) is 33.9. The Kier molecular flexibility index (Phi) is 5.38. The molecule has 8 aliphatic rings. The van der Waals surface area contributed by atoms with Crippen LogP contribution in [-0.4, -0.2) is 31.1 Å². The van der Waals surface area contributed by atoms with Crippen molar-refractivity contribution in [1.29, 1.82) is 0 Å². The van der Waals surface area contributed by atoms with E-state index in [1.807, 2.05) is 12.1 Å². The SMILES string of the molecule is CC1=CC(C)(C)N(C)c2cc3c(cc21)C1(OC(=O)c2ccccc21)c1cc2c(cc1C31C3CC4CC(C3)CC1C4)N(C)C(C)(C)C=C2C. The molecule has 0 N–H and O–H groups in total. The largest absolute Gasteiger partial charge is 0.441 e. The highest BCUT2D eigenvalue weighted by molar-refractivity contribution is 5.98. The summed E-state index contributed by atoms with van der Waals surface area (Å²) in [6.07, 6.45) is 11.4. The third-order valence-corrected chi connectivity index (χ3v) is 14.6. The Morgan fingerprint density at radius 2 is 1.10 bits per heavy atom. The third kappa shape index (κ3) is 3.26. The first kappa shape index (κ1) is 29.2. The van der Waals surface area contributed by atoms with Crippen LogP contribution >= 0.6 is 0 Å². The molecule has 0 saturated heterocycles. The van der Waals surface area contributed by atoms with Gasteiger partial charge in [0.1, 0.15) is 0 Å². The van der Waals surface area contributed by atoms with Crippen molar-refractivity contribution >= 4 is 28.5 Å². The van der Waals surface area contributed by atoms with Gasteiger partial charge in [-0.15, -0.1) is 0 Å². The van der Waals surface area contributed by atoms with Crippen molar-refractivity contribution in [3.8, 4) is 0 Å². The lowest BCUT2D eigenvalue weighted by Gasteiger charge is -2.65. The maximum absolute atomic E-state index is 14.1. The summed E-state index contributed by atoms with van der Waals surface area (Å²) in [4.78, 5) is 19.0. The van der Waals surface area contributed by atoms with Crippen molar-refractivity contribution in [2.75, 3.05) is 23.9 Å². The molecule has 4 fully saturated rings. The van der Waals surface area contributed by atoms with Crippen LogP contribution in [0.3, 0.4) is 0 Å². The molecule has 246 valence electrons. The number of anilines is 2. The minimum atomic E-state index is -1.00. The molecule has 0 amide bonds. The zero-order valence-electron chi connectivity index (χ0n) is 29.8. The molecule has 0 radical (unpaired) electrons. The van der Waals surface area contributed by atoms with Crippen LogP contribution in [0.1, 0.15) is 123 Å². The second-order valence-electron chi connectivity index (χ2n) is 17.7. The highest BCUT2D eigenvalue weighted by Crippen LogP contribution is 2.71. The lowest BCUT2D eigenvalue weighted by atomic mass is 9.39. The van der Waals surface area contributed by atoms with Crippen LogP contribution in [0.4, 0.5) is 11.4 Å². The molecule has 3 aromatic carbocycles. The average molecular weight is 637 g/mol. The molecule has 4 saturated carbocycles. The quantitative estimate of drug-likeness (QED) is 0.230. The molecule has 4 nitrogen and oxygen atoms in total. The molecule has 2 spiro atoms. The number of likely N-dealkylation sites (N-methyl/N-ethyl adjacent to an activating group) is 2. The van der Waals surface area contributed by atoms with Gasteiger partial charge in [-0.3, -0.25) is 0 Å². The van der Waals surface area contributed by atoms with Crippen LogP contribution in [0.15, 0.2) is 60.7 Å². The molecule has 3 aromatic rings.